The maximum Gasteiger partial charge on any atom is 0.152 e. The van der Waals surface area contributed by atoms with Gasteiger partial charge in [-0.2, -0.15) is 0 Å². The summed E-state index contributed by atoms with van der Waals surface area (Å²) in [5.74, 6) is 0.150. The molecule has 1 unspecified atom stereocenters. The molecular formula is C7H11N3O2S2. The Bertz CT molecular complexity index is 453. The van der Waals surface area contributed by atoms with Crippen LogP contribution in [0, 0.1) is 6.92 Å². The Balaban J connectivity index is 2.36. The standard InChI is InChI=1S/C7H11N3O2S2/c1-5-9-10-6(13-5)7(8)2-3-14(11,12)4-7/h2-4,8H2,1H3. The predicted molar refractivity (Wildman–Crippen MR) is 53.8 cm³/mol. The second-order valence-electron chi connectivity index (χ2n) is 3.62. The molecule has 7 heteroatoms. The molecule has 0 radical (unpaired) electrons. The first kappa shape index (κ1) is 10.0. The fraction of sp³-hybridized carbons (Fsp3) is 0.714. The summed E-state index contributed by atoms with van der Waals surface area (Å²) in [7, 11) is -2.98. The molecule has 2 N–H and O–H groups in total. The van der Waals surface area contributed by atoms with E-state index in [2.05, 4.69) is 10.2 Å². The molecule has 1 fully saturated rings. The summed E-state index contributed by atoms with van der Waals surface area (Å²) in [6, 6.07) is 0. The lowest BCUT2D eigenvalue weighted by Crippen LogP contribution is -2.37. The van der Waals surface area contributed by atoms with E-state index in [9.17, 15) is 8.42 Å². The summed E-state index contributed by atoms with van der Waals surface area (Å²) in [5.41, 5.74) is 5.20. The fourth-order valence-electron chi connectivity index (χ4n) is 1.54. The topological polar surface area (TPSA) is 85.9 Å². The van der Waals surface area contributed by atoms with Crippen LogP contribution in [0.2, 0.25) is 0 Å². The van der Waals surface area contributed by atoms with Gasteiger partial charge in [-0.3, -0.25) is 0 Å². The van der Waals surface area contributed by atoms with Crippen LogP contribution >= 0.6 is 11.3 Å². The minimum Gasteiger partial charge on any atom is -0.318 e. The first-order valence-electron chi connectivity index (χ1n) is 4.21. The highest BCUT2D eigenvalue weighted by molar-refractivity contribution is 7.91. The molecule has 0 saturated carbocycles. The fourth-order valence-corrected chi connectivity index (χ4v) is 4.34. The molecule has 1 aromatic rings. The zero-order valence-electron chi connectivity index (χ0n) is 7.73. The third-order valence-corrected chi connectivity index (χ3v) is 5.13. The third-order valence-electron chi connectivity index (χ3n) is 2.29. The Hall–Kier alpha value is -0.530. The van der Waals surface area contributed by atoms with Crippen molar-refractivity contribution in [3.63, 3.8) is 0 Å². The van der Waals surface area contributed by atoms with E-state index in [0.717, 1.165) is 5.01 Å². The summed E-state index contributed by atoms with van der Waals surface area (Å²) < 4.78 is 22.6. The number of aromatic nitrogens is 2. The number of nitrogens with two attached hydrogens (primary N) is 1. The molecule has 0 amide bonds. The van der Waals surface area contributed by atoms with Crippen molar-refractivity contribution in [2.45, 2.75) is 18.9 Å². The van der Waals surface area contributed by atoms with Crippen molar-refractivity contribution in [1.82, 2.24) is 10.2 Å². The SMILES string of the molecule is Cc1nnc(C2(N)CCS(=O)(=O)C2)s1. The van der Waals surface area contributed by atoms with Gasteiger partial charge < -0.3 is 5.73 Å². The van der Waals surface area contributed by atoms with E-state index in [1.165, 1.54) is 11.3 Å². The van der Waals surface area contributed by atoms with Crippen molar-refractivity contribution in [3.05, 3.63) is 10.0 Å². The quantitative estimate of drug-likeness (QED) is 0.727. The second kappa shape index (κ2) is 2.98. The van der Waals surface area contributed by atoms with E-state index >= 15 is 0 Å². The maximum absolute atomic E-state index is 11.3. The van der Waals surface area contributed by atoms with Crippen LogP contribution < -0.4 is 5.73 Å². The minimum absolute atomic E-state index is 0.00532. The first-order chi connectivity index (χ1) is 6.41. The number of nitrogens with zero attached hydrogens (tertiary/aromatic N) is 2. The Morgan fingerprint density at radius 2 is 2.21 bits per heavy atom. The van der Waals surface area contributed by atoms with Gasteiger partial charge in [0.15, 0.2) is 9.84 Å². The van der Waals surface area contributed by atoms with Crippen molar-refractivity contribution in [2.24, 2.45) is 5.73 Å². The van der Waals surface area contributed by atoms with Gasteiger partial charge in [0.05, 0.1) is 17.0 Å². The van der Waals surface area contributed by atoms with Crippen LogP contribution in [0.1, 0.15) is 16.4 Å². The molecule has 0 aromatic carbocycles. The molecule has 14 heavy (non-hydrogen) atoms. The molecule has 2 heterocycles. The number of sulfone groups is 1. The van der Waals surface area contributed by atoms with E-state index in [4.69, 9.17) is 5.73 Å². The van der Waals surface area contributed by atoms with Crippen molar-refractivity contribution in [1.29, 1.82) is 0 Å². The molecule has 0 spiro atoms. The van der Waals surface area contributed by atoms with Crippen LogP contribution in [0.15, 0.2) is 0 Å². The monoisotopic (exact) mass is 233 g/mol. The lowest BCUT2D eigenvalue weighted by molar-refractivity contribution is 0.498. The molecule has 2 rings (SSSR count). The summed E-state index contributed by atoms with van der Waals surface area (Å²) >= 11 is 1.37. The van der Waals surface area contributed by atoms with E-state index in [1.807, 2.05) is 6.92 Å². The number of aryl methyl sites for hydroxylation is 1. The lowest BCUT2D eigenvalue weighted by Gasteiger charge is -2.17. The average Bonchev–Trinajstić information content (AvgIpc) is 2.57. The molecular weight excluding hydrogens is 222 g/mol. The van der Waals surface area contributed by atoms with Crippen molar-refractivity contribution in [3.8, 4) is 0 Å². The van der Waals surface area contributed by atoms with Crippen LogP contribution in [-0.2, 0) is 15.4 Å². The summed E-state index contributed by atoms with van der Waals surface area (Å²) in [4.78, 5) is 0. The van der Waals surface area contributed by atoms with Gasteiger partial charge >= 0.3 is 0 Å². The second-order valence-corrected chi connectivity index (χ2v) is 6.99. The van der Waals surface area contributed by atoms with E-state index in [0.29, 0.717) is 11.4 Å². The highest BCUT2D eigenvalue weighted by Gasteiger charge is 2.42. The Morgan fingerprint density at radius 1 is 1.50 bits per heavy atom. The summed E-state index contributed by atoms with van der Waals surface area (Å²) in [6.45, 7) is 1.83. The van der Waals surface area contributed by atoms with Gasteiger partial charge in [-0.25, -0.2) is 8.42 Å². The normalized spacial score (nSPS) is 30.7. The smallest absolute Gasteiger partial charge is 0.152 e. The zero-order valence-corrected chi connectivity index (χ0v) is 9.36. The molecule has 1 aromatic heterocycles. The largest absolute Gasteiger partial charge is 0.318 e. The molecule has 78 valence electrons. The third kappa shape index (κ3) is 1.67. The van der Waals surface area contributed by atoms with Crippen LogP contribution in [-0.4, -0.2) is 30.1 Å². The molecule has 0 bridgehead atoms. The minimum atomic E-state index is -2.98. The lowest BCUT2D eigenvalue weighted by atomic mass is 10.0. The van der Waals surface area contributed by atoms with E-state index < -0.39 is 15.4 Å². The molecule has 0 aliphatic carbocycles. The van der Waals surface area contributed by atoms with Gasteiger partial charge in [0.2, 0.25) is 0 Å². The maximum atomic E-state index is 11.3. The summed E-state index contributed by atoms with van der Waals surface area (Å²) in [6.07, 6.45) is 0.448. The van der Waals surface area contributed by atoms with Crippen LogP contribution in [0.5, 0.6) is 0 Å². The Morgan fingerprint density at radius 3 is 2.64 bits per heavy atom. The zero-order chi connectivity index (χ0) is 10.4. The van der Waals surface area contributed by atoms with E-state index in [-0.39, 0.29) is 11.5 Å². The average molecular weight is 233 g/mol. The van der Waals surface area contributed by atoms with Crippen LogP contribution in [0.25, 0.3) is 0 Å². The molecule has 5 nitrogen and oxygen atoms in total. The molecule has 1 aliphatic rings. The molecule has 1 atom stereocenters. The Kier molecular flexibility index (Phi) is 2.13. The van der Waals surface area contributed by atoms with Gasteiger partial charge in [0, 0.05) is 0 Å². The number of hydrogen-bond donors (Lipinski definition) is 1. The van der Waals surface area contributed by atoms with Gasteiger partial charge in [-0.15, -0.1) is 10.2 Å². The van der Waals surface area contributed by atoms with Crippen molar-refractivity contribution >= 4 is 21.2 Å². The van der Waals surface area contributed by atoms with Crippen molar-refractivity contribution < 1.29 is 8.42 Å². The number of rotatable bonds is 1. The predicted octanol–water partition coefficient (Wildman–Crippen LogP) is -0.181. The summed E-state index contributed by atoms with van der Waals surface area (Å²) in [5, 5.41) is 9.21. The number of hydrogen-bond acceptors (Lipinski definition) is 6. The molecule has 1 aliphatic heterocycles. The van der Waals surface area contributed by atoms with Gasteiger partial charge in [0.1, 0.15) is 10.0 Å². The highest BCUT2D eigenvalue weighted by atomic mass is 32.2. The van der Waals surface area contributed by atoms with Crippen LogP contribution in [0.3, 0.4) is 0 Å². The van der Waals surface area contributed by atoms with Crippen molar-refractivity contribution in [2.75, 3.05) is 11.5 Å². The van der Waals surface area contributed by atoms with Gasteiger partial charge in [0.25, 0.3) is 0 Å². The first-order valence-corrected chi connectivity index (χ1v) is 6.85. The van der Waals surface area contributed by atoms with Gasteiger partial charge in [-0.05, 0) is 13.3 Å². The van der Waals surface area contributed by atoms with Crippen LogP contribution in [0.4, 0.5) is 0 Å². The molecule has 1 saturated heterocycles. The highest BCUT2D eigenvalue weighted by Crippen LogP contribution is 2.32. The van der Waals surface area contributed by atoms with Gasteiger partial charge in [-0.1, -0.05) is 11.3 Å². The Labute approximate surface area is 86.3 Å². The van der Waals surface area contributed by atoms with E-state index in [1.54, 1.807) is 0 Å².